The SMILES string of the molecule is COC(C)C(NC(=O)[C@H](NC(=O)OCC1c2ccccc2-c2ccccc21)C(C)C)C(=O)O. The number of carboxylic acid groups (broad SMARTS) is 1. The Labute approximate surface area is 193 Å². The molecule has 0 saturated heterocycles. The number of fused-ring (bicyclic) bond motifs is 3. The van der Waals surface area contributed by atoms with Gasteiger partial charge in [0.15, 0.2) is 6.04 Å². The van der Waals surface area contributed by atoms with Gasteiger partial charge in [0.25, 0.3) is 0 Å². The van der Waals surface area contributed by atoms with Gasteiger partial charge >= 0.3 is 12.1 Å². The minimum absolute atomic E-state index is 0.103. The number of aliphatic carboxylic acids is 1. The van der Waals surface area contributed by atoms with Crippen LogP contribution in [0.4, 0.5) is 4.79 Å². The van der Waals surface area contributed by atoms with E-state index in [2.05, 4.69) is 10.6 Å². The molecule has 0 saturated carbocycles. The average molecular weight is 455 g/mol. The zero-order valence-corrected chi connectivity index (χ0v) is 19.2. The fourth-order valence-corrected chi connectivity index (χ4v) is 4.06. The summed E-state index contributed by atoms with van der Waals surface area (Å²) in [7, 11) is 1.36. The van der Waals surface area contributed by atoms with Crippen LogP contribution in [0.15, 0.2) is 48.5 Å². The van der Waals surface area contributed by atoms with E-state index in [1.54, 1.807) is 20.8 Å². The van der Waals surface area contributed by atoms with Crippen LogP contribution < -0.4 is 10.6 Å². The minimum Gasteiger partial charge on any atom is -0.480 e. The standard InChI is InChI=1S/C25H30N2O6/c1-14(2)21(23(28)26-22(24(29)30)15(3)32-4)27-25(31)33-13-20-18-11-7-5-9-16(18)17-10-6-8-12-19(17)20/h5-12,14-15,20-22H,13H2,1-4H3,(H,26,28)(H,27,31)(H,29,30)/t15?,21-,22?/m1/s1. The van der Waals surface area contributed by atoms with Crippen molar-refractivity contribution in [1.29, 1.82) is 0 Å². The number of methoxy groups -OCH3 is 1. The number of carboxylic acids is 1. The number of rotatable bonds is 9. The summed E-state index contributed by atoms with van der Waals surface area (Å²) >= 11 is 0. The summed E-state index contributed by atoms with van der Waals surface area (Å²) in [4.78, 5) is 36.8. The van der Waals surface area contributed by atoms with E-state index >= 15 is 0 Å². The van der Waals surface area contributed by atoms with Crippen LogP contribution in [-0.2, 0) is 19.1 Å². The van der Waals surface area contributed by atoms with Crippen molar-refractivity contribution < 1.29 is 29.0 Å². The lowest BCUT2D eigenvalue weighted by Gasteiger charge is -2.26. The van der Waals surface area contributed by atoms with Crippen molar-refractivity contribution in [3.8, 4) is 11.1 Å². The zero-order chi connectivity index (χ0) is 24.1. The maximum atomic E-state index is 12.7. The van der Waals surface area contributed by atoms with Crippen molar-refractivity contribution in [2.24, 2.45) is 5.92 Å². The Bertz CT molecular complexity index is 976. The van der Waals surface area contributed by atoms with E-state index in [0.717, 1.165) is 22.3 Å². The highest BCUT2D eigenvalue weighted by Crippen LogP contribution is 2.44. The van der Waals surface area contributed by atoms with Gasteiger partial charge in [0.05, 0.1) is 6.10 Å². The molecule has 0 spiro atoms. The molecule has 8 heteroatoms. The molecular weight excluding hydrogens is 424 g/mol. The molecule has 0 radical (unpaired) electrons. The van der Waals surface area contributed by atoms with Gasteiger partial charge in [-0.3, -0.25) is 4.79 Å². The third kappa shape index (κ3) is 5.34. The highest BCUT2D eigenvalue weighted by atomic mass is 16.5. The predicted molar refractivity (Wildman–Crippen MR) is 123 cm³/mol. The van der Waals surface area contributed by atoms with Crippen molar-refractivity contribution in [3.63, 3.8) is 0 Å². The number of carbonyl (C=O) groups is 3. The van der Waals surface area contributed by atoms with Gasteiger partial charge in [-0.15, -0.1) is 0 Å². The fourth-order valence-electron chi connectivity index (χ4n) is 4.06. The minimum atomic E-state index is -1.24. The second-order valence-corrected chi connectivity index (χ2v) is 8.46. The van der Waals surface area contributed by atoms with E-state index in [9.17, 15) is 19.5 Å². The second-order valence-electron chi connectivity index (χ2n) is 8.46. The van der Waals surface area contributed by atoms with Crippen molar-refractivity contribution in [3.05, 3.63) is 59.7 Å². The molecule has 2 unspecified atom stereocenters. The summed E-state index contributed by atoms with van der Waals surface area (Å²) < 4.78 is 10.6. The molecule has 0 heterocycles. The average Bonchev–Trinajstić information content (AvgIpc) is 3.12. The Morgan fingerprint density at radius 2 is 1.45 bits per heavy atom. The highest BCUT2D eigenvalue weighted by molar-refractivity contribution is 5.89. The molecule has 3 N–H and O–H groups in total. The lowest BCUT2D eigenvalue weighted by molar-refractivity contribution is -0.146. The van der Waals surface area contributed by atoms with E-state index < -0.39 is 36.2 Å². The summed E-state index contributed by atoms with van der Waals surface area (Å²) in [5.74, 6) is -2.23. The van der Waals surface area contributed by atoms with Crippen LogP contribution in [0, 0.1) is 5.92 Å². The number of hydrogen-bond acceptors (Lipinski definition) is 5. The Hall–Kier alpha value is -3.39. The van der Waals surface area contributed by atoms with E-state index in [1.165, 1.54) is 7.11 Å². The molecule has 1 aliphatic rings. The third-order valence-electron chi connectivity index (χ3n) is 5.97. The molecule has 3 rings (SSSR count). The molecule has 3 atom stereocenters. The van der Waals surface area contributed by atoms with Gasteiger partial charge in [-0.2, -0.15) is 0 Å². The largest absolute Gasteiger partial charge is 0.480 e. The predicted octanol–water partition coefficient (Wildman–Crippen LogP) is 3.15. The van der Waals surface area contributed by atoms with E-state index in [-0.39, 0.29) is 18.4 Å². The third-order valence-corrected chi connectivity index (χ3v) is 5.97. The van der Waals surface area contributed by atoms with Crippen LogP contribution in [0.25, 0.3) is 11.1 Å². The maximum absolute atomic E-state index is 12.7. The summed E-state index contributed by atoms with van der Waals surface area (Å²) in [6.07, 6.45) is -1.48. The smallest absolute Gasteiger partial charge is 0.407 e. The molecule has 2 aromatic rings. The molecule has 2 aromatic carbocycles. The van der Waals surface area contributed by atoms with Gasteiger partial charge in [0.1, 0.15) is 12.6 Å². The van der Waals surface area contributed by atoms with Crippen molar-refractivity contribution in [2.75, 3.05) is 13.7 Å². The van der Waals surface area contributed by atoms with E-state index in [1.807, 2.05) is 48.5 Å². The number of carbonyl (C=O) groups excluding carboxylic acids is 2. The van der Waals surface area contributed by atoms with Crippen LogP contribution in [0.5, 0.6) is 0 Å². The normalized spacial score (nSPS) is 15.2. The Morgan fingerprint density at radius 3 is 1.94 bits per heavy atom. The van der Waals surface area contributed by atoms with Crippen molar-refractivity contribution >= 4 is 18.0 Å². The zero-order valence-electron chi connectivity index (χ0n) is 19.2. The quantitative estimate of drug-likeness (QED) is 0.536. The Balaban J connectivity index is 1.66. The first kappa shape index (κ1) is 24.3. The first-order valence-corrected chi connectivity index (χ1v) is 10.9. The monoisotopic (exact) mass is 454 g/mol. The van der Waals surface area contributed by atoms with Gasteiger partial charge in [-0.25, -0.2) is 9.59 Å². The second kappa shape index (κ2) is 10.5. The van der Waals surface area contributed by atoms with Gasteiger partial charge in [0.2, 0.25) is 5.91 Å². The summed E-state index contributed by atoms with van der Waals surface area (Å²) in [6.45, 7) is 5.17. The lowest BCUT2D eigenvalue weighted by Crippen LogP contribution is -2.56. The number of amides is 2. The van der Waals surface area contributed by atoms with Crippen LogP contribution in [0.2, 0.25) is 0 Å². The number of ether oxygens (including phenoxy) is 2. The number of hydrogen-bond donors (Lipinski definition) is 3. The molecule has 8 nitrogen and oxygen atoms in total. The first-order valence-electron chi connectivity index (χ1n) is 10.9. The number of benzene rings is 2. The molecule has 0 aliphatic heterocycles. The molecule has 176 valence electrons. The van der Waals surface area contributed by atoms with E-state index in [4.69, 9.17) is 9.47 Å². The van der Waals surface area contributed by atoms with Crippen LogP contribution in [0.1, 0.15) is 37.8 Å². The number of nitrogens with one attached hydrogen (secondary N) is 2. The Kier molecular flexibility index (Phi) is 7.71. The Morgan fingerprint density at radius 1 is 0.909 bits per heavy atom. The van der Waals surface area contributed by atoms with Crippen molar-refractivity contribution in [1.82, 2.24) is 10.6 Å². The molecule has 33 heavy (non-hydrogen) atoms. The van der Waals surface area contributed by atoms with Crippen LogP contribution in [0.3, 0.4) is 0 Å². The summed E-state index contributed by atoms with van der Waals surface area (Å²) in [5.41, 5.74) is 4.41. The van der Waals surface area contributed by atoms with Gasteiger partial charge in [0, 0.05) is 13.0 Å². The molecule has 1 aliphatic carbocycles. The lowest BCUT2D eigenvalue weighted by atomic mass is 9.98. The molecule has 0 fully saturated rings. The molecule has 0 aromatic heterocycles. The summed E-state index contributed by atoms with van der Waals surface area (Å²) in [5, 5.41) is 14.4. The fraction of sp³-hybridized carbons (Fsp3) is 0.400. The van der Waals surface area contributed by atoms with Crippen LogP contribution >= 0.6 is 0 Å². The van der Waals surface area contributed by atoms with Crippen molar-refractivity contribution in [2.45, 2.75) is 44.9 Å². The van der Waals surface area contributed by atoms with Gasteiger partial charge < -0.3 is 25.2 Å². The van der Waals surface area contributed by atoms with Gasteiger partial charge in [-0.1, -0.05) is 62.4 Å². The van der Waals surface area contributed by atoms with Gasteiger partial charge in [-0.05, 0) is 35.1 Å². The topological polar surface area (TPSA) is 114 Å². The number of alkyl carbamates (subject to hydrolysis) is 1. The molecule has 2 amide bonds. The first-order chi connectivity index (χ1) is 15.7. The summed E-state index contributed by atoms with van der Waals surface area (Å²) in [6, 6.07) is 13.8. The molecular formula is C25H30N2O6. The molecule has 0 bridgehead atoms. The van der Waals surface area contributed by atoms with Crippen LogP contribution in [-0.4, -0.2) is 55.0 Å². The van der Waals surface area contributed by atoms with E-state index in [0.29, 0.717) is 0 Å². The maximum Gasteiger partial charge on any atom is 0.407 e. The highest BCUT2D eigenvalue weighted by Gasteiger charge is 2.33.